The van der Waals surface area contributed by atoms with E-state index in [-0.39, 0.29) is 18.4 Å². The summed E-state index contributed by atoms with van der Waals surface area (Å²) in [5, 5.41) is 3.31. The van der Waals surface area contributed by atoms with E-state index in [1.807, 2.05) is 0 Å². The van der Waals surface area contributed by atoms with Crippen LogP contribution >= 0.6 is 51.5 Å². The predicted octanol–water partition coefficient (Wildman–Crippen LogP) is 4.96. The molecule has 0 atom stereocenters. The van der Waals surface area contributed by atoms with Crippen LogP contribution in [0.15, 0.2) is 45.8 Å². The van der Waals surface area contributed by atoms with Crippen LogP contribution in [0.5, 0.6) is 11.5 Å². The molecule has 1 saturated heterocycles. The fourth-order valence-electron chi connectivity index (χ4n) is 2.53. The van der Waals surface area contributed by atoms with Crippen LogP contribution < -0.4 is 14.8 Å². The monoisotopic (exact) mass is 526 g/mol. The molecule has 0 saturated carbocycles. The lowest BCUT2D eigenvalue weighted by molar-refractivity contribution is -0.121. The second kappa shape index (κ2) is 9.82. The van der Waals surface area contributed by atoms with E-state index in [1.165, 1.54) is 23.8 Å². The summed E-state index contributed by atoms with van der Waals surface area (Å²) in [4.78, 5) is 26.3. The standard InChI is InChI=1S/C20H16BrClN2O4S2/c1-24-19(26)16(30-20(24)29)9-11-7-14(21)18(15(8-11)27-2)28-10-17(25)23-13-5-3-12(22)4-6-13/h3-9H,10H2,1-2H3,(H,23,25)/b16-9-. The average molecular weight is 528 g/mol. The highest BCUT2D eigenvalue weighted by Crippen LogP contribution is 2.39. The molecule has 0 unspecified atom stereocenters. The minimum absolute atomic E-state index is 0.153. The molecule has 0 radical (unpaired) electrons. The van der Waals surface area contributed by atoms with Crippen molar-refractivity contribution in [2.45, 2.75) is 0 Å². The van der Waals surface area contributed by atoms with Crippen LogP contribution in [0.4, 0.5) is 5.69 Å². The Morgan fingerprint density at radius 2 is 2.03 bits per heavy atom. The maximum atomic E-state index is 12.2. The molecular weight excluding hydrogens is 512 g/mol. The zero-order valence-corrected chi connectivity index (χ0v) is 19.9. The molecule has 3 rings (SSSR count). The number of likely N-dealkylation sites (N-methyl/N-ethyl adjacent to an activating group) is 1. The maximum Gasteiger partial charge on any atom is 0.265 e. The van der Waals surface area contributed by atoms with Crippen molar-refractivity contribution in [3.63, 3.8) is 0 Å². The molecule has 0 aromatic heterocycles. The molecule has 1 fully saturated rings. The molecule has 156 valence electrons. The molecule has 0 bridgehead atoms. The van der Waals surface area contributed by atoms with Gasteiger partial charge in [0.2, 0.25) is 0 Å². The minimum atomic E-state index is -0.332. The third-order valence-corrected chi connectivity index (χ3v) is 6.34. The van der Waals surface area contributed by atoms with Crippen molar-refractivity contribution in [3.8, 4) is 11.5 Å². The summed E-state index contributed by atoms with van der Waals surface area (Å²) in [6.07, 6.45) is 1.73. The van der Waals surface area contributed by atoms with Gasteiger partial charge in [-0.15, -0.1) is 0 Å². The molecule has 0 spiro atoms. The summed E-state index contributed by atoms with van der Waals surface area (Å²) in [6.45, 7) is -0.217. The normalized spacial score (nSPS) is 14.9. The van der Waals surface area contributed by atoms with Crippen LogP contribution in [0.3, 0.4) is 0 Å². The number of hydrogen-bond acceptors (Lipinski definition) is 6. The Hall–Kier alpha value is -2.07. The van der Waals surface area contributed by atoms with Crippen molar-refractivity contribution in [1.82, 2.24) is 4.90 Å². The molecule has 1 N–H and O–H groups in total. The average Bonchev–Trinajstić information content (AvgIpc) is 2.95. The van der Waals surface area contributed by atoms with Gasteiger partial charge >= 0.3 is 0 Å². The number of rotatable bonds is 6. The van der Waals surface area contributed by atoms with Crippen LogP contribution in [0.2, 0.25) is 5.02 Å². The number of amides is 2. The molecule has 2 aromatic rings. The van der Waals surface area contributed by atoms with E-state index >= 15 is 0 Å². The fourth-order valence-corrected chi connectivity index (χ4v) is 4.41. The minimum Gasteiger partial charge on any atom is -0.493 e. The van der Waals surface area contributed by atoms with Gasteiger partial charge in [0.05, 0.1) is 16.5 Å². The van der Waals surface area contributed by atoms with Gasteiger partial charge in [0.1, 0.15) is 4.32 Å². The van der Waals surface area contributed by atoms with E-state index in [2.05, 4.69) is 21.2 Å². The van der Waals surface area contributed by atoms with Gasteiger partial charge in [0.25, 0.3) is 11.8 Å². The van der Waals surface area contributed by atoms with Gasteiger partial charge in [-0.3, -0.25) is 14.5 Å². The highest BCUT2D eigenvalue weighted by molar-refractivity contribution is 9.10. The summed E-state index contributed by atoms with van der Waals surface area (Å²) < 4.78 is 12.2. The first kappa shape index (κ1) is 22.6. The van der Waals surface area contributed by atoms with E-state index < -0.39 is 0 Å². The van der Waals surface area contributed by atoms with E-state index in [0.717, 1.165) is 5.56 Å². The number of nitrogens with one attached hydrogen (secondary N) is 1. The lowest BCUT2D eigenvalue weighted by atomic mass is 10.2. The second-order valence-electron chi connectivity index (χ2n) is 6.12. The summed E-state index contributed by atoms with van der Waals surface area (Å²) >= 11 is 15.7. The molecule has 0 aliphatic carbocycles. The Morgan fingerprint density at radius 1 is 1.33 bits per heavy atom. The number of carbonyl (C=O) groups is 2. The summed E-state index contributed by atoms with van der Waals surface area (Å²) in [7, 11) is 3.14. The van der Waals surface area contributed by atoms with E-state index in [1.54, 1.807) is 49.5 Å². The number of benzene rings is 2. The van der Waals surface area contributed by atoms with Crippen molar-refractivity contribution in [2.24, 2.45) is 0 Å². The second-order valence-corrected chi connectivity index (χ2v) is 9.09. The van der Waals surface area contributed by atoms with Gasteiger partial charge in [-0.05, 0) is 64.0 Å². The van der Waals surface area contributed by atoms with Crippen LogP contribution in [0.25, 0.3) is 6.08 Å². The van der Waals surface area contributed by atoms with Gasteiger partial charge in [0.15, 0.2) is 18.1 Å². The Bertz CT molecular complexity index is 1040. The number of methoxy groups -OCH3 is 1. The molecule has 1 aliphatic rings. The third kappa shape index (κ3) is 5.34. The topological polar surface area (TPSA) is 67.9 Å². The van der Waals surface area contributed by atoms with Crippen molar-refractivity contribution < 1.29 is 19.1 Å². The first-order valence-electron chi connectivity index (χ1n) is 8.56. The Kier molecular flexibility index (Phi) is 7.41. The van der Waals surface area contributed by atoms with Gasteiger partial charge in [-0.2, -0.15) is 0 Å². The Labute approximate surface area is 196 Å². The number of thiocarbonyl (C=S) groups is 1. The molecule has 6 nitrogen and oxygen atoms in total. The third-order valence-electron chi connectivity index (χ3n) is 4.01. The van der Waals surface area contributed by atoms with Crippen molar-refractivity contribution in [2.75, 3.05) is 26.1 Å². The lowest BCUT2D eigenvalue weighted by Crippen LogP contribution is -2.22. The molecule has 10 heteroatoms. The first-order chi connectivity index (χ1) is 14.3. The van der Waals surface area contributed by atoms with Gasteiger partial charge in [-0.1, -0.05) is 35.6 Å². The SMILES string of the molecule is COc1cc(/C=C2\SC(=S)N(C)C2=O)cc(Br)c1OCC(=O)Nc1ccc(Cl)cc1. The zero-order chi connectivity index (χ0) is 21.8. The largest absolute Gasteiger partial charge is 0.493 e. The van der Waals surface area contributed by atoms with Crippen LogP contribution in [0, 0.1) is 0 Å². The number of halogens is 2. The van der Waals surface area contributed by atoms with Gasteiger partial charge < -0.3 is 14.8 Å². The van der Waals surface area contributed by atoms with E-state index in [9.17, 15) is 9.59 Å². The van der Waals surface area contributed by atoms with E-state index in [4.69, 9.17) is 33.3 Å². The molecule has 1 aliphatic heterocycles. The molecule has 1 heterocycles. The van der Waals surface area contributed by atoms with Crippen LogP contribution in [-0.2, 0) is 9.59 Å². The van der Waals surface area contributed by atoms with Crippen LogP contribution in [0.1, 0.15) is 5.56 Å². The number of carbonyl (C=O) groups excluding carboxylic acids is 2. The predicted molar refractivity (Wildman–Crippen MR) is 127 cm³/mol. The molecule has 2 amide bonds. The number of nitrogens with zero attached hydrogens (tertiary/aromatic N) is 1. The number of thioether (sulfide) groups is 1. The number of hydrogen-bond donors (Lipinski definition) is 1. The van der Waals surface area contributed by atoms with Crippen molar-refractivity contribution in [1.29, 1.82) is 0 Å². The van der Waals surface area contributed by atoms with Crippen LogP contribution in [-0.4, -0.2) is 41.8 Å². The number of anilines is 1. The van der Waals surface area contributed by atoms with Crippen molar-refractivity contribution >= 4 is 79.4 Å². The summed E-state index contributed by atoms with van der Waals surface area (Å²) in [5.74, 6) is 0.312. The molecule has 2 aromatic carbocycles. The lowest BCUT2D eigenvalue weighted by Gasteiger charge is -2.14. The quantitative estimate of drug-likeness (QED) is 0.423. The Balaban J connectivity index is 1.73. The maximum absolute atomic E-state index is 12.2. The van der Waals surface area contributed by atoms with Gasteiger partial charge in [0, 0.05) is 17.8 Å². The number of ether oxygens (including phenoxy) is 2. The highest BCUT2D eigenvalue weighted by Gasteiger charge is 2.28. The van der Waals surface area contributed by atoms with E-state index in [0.29, 0.717) is 35.9 Å². The zero-order valence-electron chi connectivity index (χ0n) is 15.9. The fraction of sp³-hybridized carbons (Fsp3) is 0.150. The summed E-state index contributed by atoms with van der Waals surface area (Å²) in [6, 6.07) is 10.3. The smallest absolute Gasteiger partial charge is 0.265 e. The van der Waals surface area contributed by atoms with Crippen molar-refractivity contribution in [3.05, 3.63) is 56.4 Å². The highest BCUT2D eigenvalue weighted by atomic mass is 79.9. The van der Waals surface area contributed by atoms with Gasteiger partial charge in [-0.25, -0.2) is 0 Å². The first-order valence-corrected chi connectivity index (χ1v) is 11.0. The summed E-state index contributed by atoms with van der Waals surface area (Å²) in [5.41, 5.74) is 1.34. The Morgan fingerprint density at radius 3 is 2.63 bits per heavy atom. The molecular formula is C20H16BrClN2O4S2. The molecule has 30 heavy (non-hydrogen) atoms.